The smallest absolute Gasteiger partial charge is 0.132 e. The lowest BCUT2D eigenvalue weighted by molar-refractivity contribution is 1.03. The summed E-state index contributed by atoms with van der Waals surface area (Å²) in [6, 6.07) is -0.0767. The van der Waals surface area contributed by atoms with E-state index in [0.29, 0.717) is 0 Å². The molecule has 10 heavy (non-hydrogen) atoms. The molecule has 0 aliphatic carbocycles. The van der Waals surface area contributed by atoms with Crippen LogP contribution < -0.4 is 0 Å². The number of aromatic amines is 1. The molecule has 0 fully saturated rings. The van der Waals surface area contributed by atoms with Crippen LogP contribution in [0, 0.1) is 0 Å². The van der Waals surface area contributed by atoms with Gasteiger partial charge in [-0.25, -0.2) is 0 Å². The zero-order valence-electron chi connectivity index (χ0n) is 7.77. The molecule has 0 aromatic rings. The van der Waals surface area contributed by atoms with Gasteiger partial charge in [-0.1, -0.05) is 11.6 Å². The van der Waals surface area contributed by atoms with Gasteiger partial charge < -0.3 is 0 Å². The molecule has 2 aliphatic heterocycles. The Morgan fingerprint density at radius 1 is 1.70 bits per heavy atom. The average Bonchev–Trinajstić information content (AvgIpc) is 2.38. The Balaban J connectivity index is 2.88. The minimum atomic E-state index is -0.188. The molecule has 2 heterocycles. The SMILES string of the molecule is [2H]c1n[nH]c(Cl)c2c([2H])c([2H])nc1-2. The van der Waals surface area contributed by atoms with Crippen LogP contribution in [0.1, 0.15) is 4.11 Å². The van der Waals surface area contributed by atoms with Gasteiger partial charge in [-0.15, -0.1) is 0 Å². The molecule has 0 aromatic carbocycles. The number of hydrogen-bond acceptors (Lipinski definition) is 2. The minimum absolute atomic E-state index is 0.0767. The third-order valence-corrected chi connectivity index (χ3v) is 1.39. The highest BCUT2D eigenvalue weighted by atomic mass is 35.5. The molecule has 0 radical (unpaired) electrons. The highest BCUT2D eigenvalue weighted by Gasteiger charge is 2.06. The quantitative estimate of drug-likeness (QED) is 0.629. The van der Waals surface area contributed by atoms with E-state index in [2.05, 4.69) is 15.2 Å². The summed E-state index contributed by atoms with van der Waals surface area (Å²) >= 11 is 5.70. The van der Waals surface area contributed by atoms with Crippen molar-refractivity contribution in [3.8, 4) is 11.3 Å². The number of fused-ring (bicyclic) bond motifs is 1. The van der Waals surface area contributed by atoms with E-state index in [-0.39, 0.29) is 34.8 Å². The highest BCUT2D eigenvalue weighted by molar-refractivity contribution is 6.31. The first-order valence-electron chi connectivity index (χ1n) is 4.08. The third kappa shape index (κ3) is 0.675. The molecule has 4 heteroatoms. The van der Waals surface area contributed by atoms with Gasteiger partial charge in [0.05, 0.1) is 16.0 Å². The molecule has 0 saturated carbocycles. The molecule has 50 valence electrons. The van der Waals surface area contributed by atoms with Crippen molar-refractivity contribution >= 4 is 11.6 Å². The number of halogens is 1. The number of hydrogen-bond donors (Lipinski definition) is 1. The first-order valence-corrected chi connectivity index (χ1v) is 2.96. The van der Waals surface area contributed by atoms with Crippen LogP contribution in [-0.4, -0.2) is 15.2 Å². The molecule has 0 aromatic heterocycles. The minimum Gasteiger partial charge on any atom is -0.267 e. The van der Waals surface area contributed by atoms with Crippen LogP contribution in [0.4, 0.5) is 0 Å². The molecule has 0 unspecified atom stereocenters. The molecule has 0 amide bonds. The number of H-pyrrole nitrogens is 1. The van der Waals surface area contributed by atoms with Crippen molar-refractivity contribution in [1.29, 1.82) is 0 Å². The summed E-state index contributed by atoms with van der Waals surface area (Å²) in [5.74, 6) is 0. The molecular formula is C6H4ClN3. The van der Waals surface area contributed by atoms with Crippen LogP contribution in [0.2, 0.25) is 5.15 Å². The Bertz CT molecular complexity index is 441. The molecule has 2 aliphatic rings. The maximum atomic E-state index is 7.44. The highest BCUT2D eigenvalue weighted by Crippen LogP contribution is 2.24. The summed E-state index contributed by atoms with van der Waals surface area (Å²) in [5, 5.41) is 6.06. The summed E-state index contributed by atoms with van der Waals surface area (Å²) < 4.78 is 22.0. The lowest BCUT2D eigenvalue weighted by atomic mass is 10.3. The zero-order valence-corrected chi connectivity index (χ0v) is 5.53. The topological polar surface area (TPSA) is 41.6 Å². The monoisotopic (exact) mass is 156 g/mol. The third-order valence-electron chi connectivity index (χ3n) is 1.12. The summed E-state index contributed by atoms with van der Waals surface area (Å²) in [6.07, 6.45) is -0.293. The molecule has 0 saturated heterocycles. The van der Waals surface area contributed by atoms with Gasteiger partial charge in [0.2, 0.25) is 0 Å². The van der Waals surface area contributed by atoms with E-state index in [0.717, 1.165) is 0 Å². The normalized spacial score (nSPS) is 14.7. The molecule has 0 atom stereocenters. The zero-order chi connectivity index (χ0) is 9.59. The van der Waals surface area contributed by atoms with Gasteiger partial charge in [-0.05, 0) is 6.04 Å². The Labute approximate surface area is 66.6 Å². The number of rotatable bonds is 0. The fourth-order valence-corrected chi connectivity index (χ4v) is 0.859. The Morgan fingerprint density at radius 3 is 3.40 bits per heavy atom. The molecule has 1 N–H and O–H groups in total. The maximum absolute atomic E-state index is 7.44. The summed E-state index contributed by atoms with van der Waals surface area (Å²) in [5.41, 5.74) is 0.477. The van der Waals surface area contributed by atoms with E-state index >= 15 is 0 Å². The predicted octanol–water partition coefficient (Wildman–Crippen LogP) is 1.56. The van der Waals surface area contributed by atoms with E-state index in [1.807, 2.05) is 0 Å². The second kappa shape index (κ2) is 1.95. The standard InChI is InChI=1S/C6H4ClN3/c7-6-4-1-2-8-5(4)3-9-10-6/h1-3,10H/i1D,2D,3D. The molecular weight excluding hydrogens is 150 g/mol. The maximum Gasteiger partial charge on any atom is 0.132 e. The van der Waals surface area contributed by atoms with E-state index in [9.17, 15) is 0 Å². The van der Waals surface area contributed by atoms with E-state index in [4.69, 9.17) is 15.7 Å². The van der Waals surface area contributed by atoms with Crippen molar-refractivity contribution in [1.82, 2.24) is 15.2 Å². The Kier molecular flexibility index (Phi) is 0.653. The molecule has 3 nitrogen and oxygen atoms in total. The van der Waals surface area contributed by atoms with Crippen molar-refractivity contribution < 1.29 is 4.11 Å². The van der Waals surface area contributed by atoms with E-state index in [1.165, 1.54) is 0 Å². The van der Waals surface area contributed by atoms with Gasteiger partial charge in [0.1, 0.15) is 5.15 Å². The Hall–Kier alpha value is -1.09. The molecule has 0 spiro atoms. The Morgan fingerprint density at radius 2 is 2.60 bits per heavy atom. The second-order valence-corrected chi connectivity index (χ2v) is 2.10. The van der Waals surface area contributed by atoms with Crippen LogP contribution in [-0.2, 0) is 0 Å². The number of aromatic nitrogens is 3. The largest absolute Gasteiger partial charge is 0.267 e. The fourth-order valence-electron chi connectivity index (χ4n) is 0.680. The average molecular weight is 157 g/mol. The van der Waals surface area contributed by atoms with Crippen LogP contribution in [0.25, 0.3) is 11.3 Å². The van der Waals surface area contributed by atoms with Crippen LogP contribution in [0.15, 0.2) is 18.4 Å². The molecule has 2 rings (SSSR count). The first-order chi connectivity index (χ1) is 6.11. The summed E-state index contributed by atoms with van der Waals surface area (Å²) in [6.45, 7) is 0. The van der Waals surface area contributed by atoms with Crippen molar-refractivity contribution in [2.24, 2.45) is 0 Å². The van der Waals surface area contributed by atoms with Crippen molar-refractivity contribution in [3.05, 3.63) is 23.5 Å². The number of nitrogens with zero attached hydrogens (tertiary/aromatic N) is 2. The van der Waals surface area contributed by atoms with Gasteiger partial charge in [0.25, 0.3) is 0 Å². The second-order valence-electron chi connectivity index (χ2n) is 1.72. The number of nitrogens with one attached hydrogen (secondary N) is 1. The lowest BCUT2D eigenvalue weighted by Gasteiger charge is -1.96. The van der Waals surface area contributed by atoms with Crippen LogP contribution in [0.3, 0.4) is 0 Å². The fraction of sp³-hybridized carbons (Fsp3) is 0. The van der Waals surface area contributed by atoms with Gasteiger partial charge in [-0.3, -0.25) is 10.1 Å². The van der Waals surface area contributed by atoms with Crippen molar-refractivity contribution in [2.75, 3.05) is 0 Å². The van der Waals surface area contributed by atoms with Crippen LogP contribution >= 0.6 is 11.6 Å². The van der Waals surface area contributed by atoms with Gasteiger partial charge in [-0.2, -0.15) is 5.10 Å². The predicted molar refractivity (Wildman–Crippen MR) is 38.0 cm³/mol. The van der Waals surface area contributed by atoms with Crippen LogP contribution in [0.5, 0.6) is 0 Å². The van der Waals surface area contributed by atoms with E-state index in [1.54, 1.807) is 0 Å². The van der Waals surface area contributed by atoms with Gasteiger partial charge >= 0.3 is 0 Å². The molecule has 0 bridgehead atoms. The van der Waals surface area contributed by atoms with Gasteiger partial charge in [0, 0.05) is 11.7 Å². The first kappa shape index (κ1) is 3.34. The van der Waals surface area contributed by atoms with Crippen molar-refractivity contribution in [3.63, 3.8) is 0 Å². The van der Waals surface area contributed by atoms with E-state index < -0.39 is 0 Å². The lowest BCUT2D eigenvalue weighted by Crippen LogP contribution is -1.85. The van der Waals surface area contributed by atoms with Gasteiger partial charge in [0.15, 0.2) is 0 Å². The summed E-state index contributed by atoms with van der Waals surface area (Å²) in [4.78, 5) is 3.70. The van der Waals surface area contributed by atoms with Crippen molar-refractivity contribution in [2.45, 2.75) is 0 Å². The summed E-state index contributed by atoms with van der Waals surface area (Å²) in [7, 11) is 0.